The van der Waals surface area contributed by atoms with Gasteiger partial charge < -0.3 is 20.5 Å². The highest BCUT2D eigenvalue weighted by Crippen LogP contribution is 2.37. The number of nitro benzene ring substituents is 1. The summed E-state index contributed by atoms with van der Waals surface area (Å²) in [6.07, 6.45) is -5.31. The minimum atomic E-state index is -4.52. The molecule has 3 rings (SSSR count). The summed E-state index contributed by atoms with van der Waals surface area (Å²) in [4.78, 5) is 27.0. The molecule has 0 unspecified atom stereocenters. The summed E-state index contributed by atoms with van der Waals surface area (Å²) < 4.78 is 48.9. The molecule has 0 radical (unpaired) electrons. The van der Waals surface area contributed by atoms with Gasteiger partial charge in [-0.25, -0.2) is 4.98 Å². The number of thiazole rings is 1. The Hall–Kier alpha value is -3.55. The Balaban J connectivity index is 2.03. The maximum absolute atomic E-state index is 12.8. The second kappa shape index (κ2) is 9.52. The Morgan fingerprint density at radius 3 is 2.33 bits per heavy atom. The molecule has 0 spiro atoms. The first kappa shape index (κ1) is 24.1. The van der Waals surface area contributed by atoms with E-state index in [-0.39, 0.29) is 32.6 Å². The molecule has 0 atom stereocenters. The summed E-state index contributed by atoms with van der Waals surface area (Å²) in [7, 11) is 2.80. The van der Waals surface area contributed by atoms with Gasteiger partial charge in [0.15, 0.2) is 11.4 Å². The minimum Gasteiger partial charge on any atom is -0.365 e. The molecule has 0 aliphatic heterocycles. The molecule has 3 N–H and O–H groups in total. The van der Waals surface area contributed by atoms with Crippen LogP contribution in [0.4, 0.5) is 29.7 Å². The number of halogens is 3. The van der Waals surface area contributed by atoms with Crippen LogP contribution in [0, 0.1) is 10.1 Å². The van der Waals surface area contributed by atoms with E-state index in [4.69, 9.17) is 15.2 Å². The van der Waals surface area contributed by atoms with Crippen molar-refractivity contribution < 1.29 is 32.4 Å². The highest BCUT2D eigenvalue weighted by molar-refractivity contribution is 7.18. The summed E-state index contributed by atoms with van der Waals surface area (Å²) in [5, 5.41) is 14.3. The minimum absolute atomic E-state index is 0.0253. The van der Waals surface area contributed by atoms with Crippen molar-refractivity contribution in [1.29, 1.82) is 0 Å². The van der Waals surface area contributed by atoms with Gasteiger partial charge in [-0.1, -0.05) is 23.5 Å². The lowest BCUT2D eigenvalue weighted by molar-refractivity contribution is -0.383. The zero-order valence-corrected chi connectivity index (χ0v) is 18.0. The molecule has 0 aliphatic rings. The van der Waals surface area contributed by atoms with Gasteiger partial charge in [-0.05, 0) is 24.3 Å². The van der Waals surface area contributed by atoms with Gasteiger partial charge in [0.05, 0.1) is 16.2 Å². The van der Waals surface area contributed by atoms with Crippen LogP contribution < -0.4 is 11.1 Å². The third-order valence-corrected chi connectivity index (χ3v) is 5.48. The topological polar surface area (TPSA) is 130 Å². The van der Waals surface area contributed by atoms with Crippen LogP contribution in [0.1, 0.15) is 27.1 Å². The number of nitrogens with zero attached hydrogens (tertiary/aromatic N) is 2. The fourth-order valence-electron chi connectivity index (χ4n) is 3.00. The highest BCUT2D eigenvalue weighted by Gasteiger charge is 2.30. The van der Waals surface area contributed by atoms with Gasteiger partial charge in [0, 0.05) is 31.4 Å². The number of nitro groups is 1. The van der Waals surface area contributed by atoms with Crippen molar-refractivity contribution in [2.45, 2.75) is 12.5 Å². The molecule has 1 heterocycles. The summed E-state index contributed by atoms with van der Waals surface area (Å²) in [6, 6.07) is 8.19. The quantitative estimate of drug-likeness (QED) is 0.266. The van der Waals surface area contributed by atoms with E-state index in [1.54, 1.807) is 0 Å². The Morgan fingerprint density at radius 2 is 1.82 bits per heavy atom. The number of hydrogen-bond donors (Lipinski definition) is 2. The van der Waals surface area contributed by atoms with Gasteiger partial charge in [0.1, 0.15) is 10.6 Å². The van der Waals surface area contributed by atoms with E-state index in [9.17, 15) is 28.1 Å². The molecular formula is C20H17F3N4O5S. The number of amides is 1. The van der Waals surface area contributed by atoms with Crippen LogP contribution in [-0.2, 0) is 15.7 Å². The van der Waals surface area contributed by atoms with Gasteiger partial charge >= 0.3 is 6.18 Å². The molecule has 174 valence electrons. The molecule has 0 fully saturated rings. The largest absolute Gasteiger partial charge is 0.416 e. The number of rotatable bonds is 8. The number of benzene rings is 2. The van der Waals surface area contributed by atoms with E-state index in [0.29, 0.717) is 5.56 Å². The van der Waals surface area contributed by atoms with Crippen LogP contribution in [0.25, 0.3) is 11.3 Å². The van der Waals surface area contributed by atoms with E-state index in [1.807, 2.05) is 0 Å². The number of aromatic nitrogens is 1. The summed E-state index contributed by atoms with van der Waals surface area (Å²) in [6.45, 7) is 0. The monoisotopic (exact) mass is 482 g/mol. The van der Waals surface area contributed by atoms with Crippen LogP contribution >= 0.6 is 11.3 Å². The van der Waals surface area contributed by atoms with E-state index >= 15 is 0 Å². The number of methoxy groups -OCH3 is 2. The van der Waals surface area contributed by atoms with Crippen LogP contribution in [0.15, 0.2) is 42.5 Å². The average molecular weight is 482 g/mol. The lowest BCUT2D eigenvalue weighted by atomic mass is 10.1. The molecule has 0 saturated heterocycles. The SMILES string of the molecule is COC(OC)c1ccc([N+](=O)[O-])c(Nc2nc(-c3ccc(C(F)(F)F)cc3)c(C(N)=O)s2)c1. The normalized spacial score (nSPS) is 11.6. The molecule has 33 heavy (non-hydrogen) atoms. The van der Waals surface area contributed by atoms with E-state index < -0.39 is 28.9 Å². The van der Waals surface area contributed by atoms with Crippen molar-refractivity contribution in [2.75, 3.05) is 19.5 Å². The van der Waals surface area contributed by atoms with Crippen molar-refractivity contribution >= 4 is 33.8 Å². The number of hydrogen-bond acceptors (Lipinski definition) is 8. The number of carbonyl (C=O) groups is 1. The second-order valence-electron chi connectivity index (χ2n) is 6.60. The number of ether oxygens (including phenoxy) is 2. The Kier molecular flexibility index (Phi) is 6.95. The van der Waals surface area contributed by atoms with Crippen LogP contribution in [0.3, 0.4) is 0 Å². The fraction of sp³-hybridized carbons (Fsp3) is 0.200. The molecule has 2 aromatic carbocycles. The third-order valence-electron chi connectivity index (χ3n) is 4.50. The summed E-state index contributed by atoms with van der Waals surface area (Å²) >= 11 is 0.809. The van der Waals surface area contributed by atoms with Gasteiger partial charge in [-0.3, -0.25) is 14.9 Å². The number of alkyl halides is 3. The van der Waals surface area contributed by atoms with Crippen molar-refractivity contribution in [2.24, 2.45) is 5.73 Å². The molecule has 1 aromatic heterocycles. The van der Waals surface area contributed by atoms with Crippen molar-refractivity contribution in [3.05, 3.63) is 68.6 Å². The zero-order chi connectivity index (χ0) is 24.3. The van der Waals surface area contributed by atoms with Crippen molar-refractivity contribution in [1.82, 2.24) is 4.98 Å². The molecule has 9 nitrogen and oxygen atoms in total. The standard InChI is InChI=1S/C20H17F3N4O5S/c1-31-18(32-2)11-5-8-14(27(29)30)13(9-11)25-19-26-15(16(33-19)17(24)28)10-3-6-12(7-4-10)20(21,22)23/h3-9,18H,1-2H3,(H2,24,28)(H,25,26). The van der Waals surface area contributed by atoms with Gasteiger partial charge in [0.2, 0.25) is 0 Å². The molecule has 0 bridgehead atoms. The Labute approximate surface area is 189 Å². The van der Waals surface area contributed by atoms with Crippen molar-refractivity contribution in [3.63, 3.8) is 0 Å². The lowest BCUT2D eigenvalue weighted by Crippen LogP contribution is -2.10. The van der Waals surface area contributed by atoms with Gasteiger partial charge in [-0.2, -0.15) is 13.2 Å². The predicted molar refractivity (Wildman–Crippen MR) is 114 cm³/mol. The third kappa shape index (κ3) is 5.27. The predicted octanol–water partition coefficient (Wildman–Crippen LogP) is 4.87. The molecule has 3 aromatic rings. The molecule has 13 heteroatoms. The van der Waals surface area contributed by atoms with Crippen molar-refractivity contribution in [3.8, 4) is 11.3 Å². The molecule has 0 saturated carbocycles. The average Bonchev–Trinajstić information content (AvgIpc) is 3.18. The zero-order valence-electron chi connectivity index (χ0n) is 17.2. The number of anilines is 2. The Bertz CT molecular complexity index is 1180. The summed E-state index contributed by atoms with van der Waals surface area (Å²) in [5.41, 5.74) is 5.07. The smallest absolute Gasteiger partial charge is 0.365 e. The first-order valence-electron chi connectivity index (χ1n) is 9.14. The summed E-state index contributed by atoms with van der Waals surface area (Å²) in [5.74, 6) is -0.850. The lowest BCUT2D eigenvalue weighted by Gasteiger charge is -2.15. The Morgan fingerprint density at radius 1 is 1.18 bits per heavy atom. The van der Waals surface area contributed by atoms with E-state index in [1.165, 1.54) is 44.6 Å². The first-order chi connectivity index (χ1) is 15.5. The maximum atomic E-state index is 12.8. The maximum Gasteiger partial charge on any atom is 0.416 e. The van der Waals surface area contributed by atoms with Gasteiger partial charge in [-0.15, -0.1) is 0 Å². The fourth-order valence-corrected chi connectivity index (χ4v) is 3.85. The van der Waals surface area contributed by atoms with Crippen LogP contribution in [-0.4, -0.2) is 30.0 Å². The number of nitrogens with one attached hydrogen (secondary N) is 1. The number of nitrogens with two attached hydrogens (primary N) is 1. The van der Waals surface area contributed by atoms with Crippen LogP contribution in [0.2, 0.25) is 0 Å². The highest BCUT2D eigenvalue weighted by atomic mass is 32.1. The number of primary amides is 1. The molecular weight excluding hydrogens is 465 g/mol. The molecule has 1 amide bonds. The second-order valence-corrected chi connectivity index (χ2v) is 7.60. The van der Waals surface area contributed by atoms with E-state index in [2.05, 4.69) is 10.3 Å². The number of carbonyl (C=O) groups excluding carboxylic acids is 1. The van der Waals surface area contributed by atoms with Crippen LogP contribution in [0.5, 0.6) is 0 Å². The first-order valence-corrected chi connectivity index (χ1v) is 9.96. The van der Waals surface area contributed by atoms with E-state index in [0.717, 1.165) is 23.5 Å². The molecule has 0 aliphatic carbocycles. The van der Waals surface area contributed by atoms with Gasteiger partial charge in [0.25, 0.3) is 11.6 Å².